The SMILES string of the molecule is C=Cc1ccc(-c2nnc(NC(=O)c3ccccc3)s2)c(C)c1. The summed E-state index contributed by atoms with van der Waals surface area (Å²) in [5, 5.41) is 12.3. The summed E-state index contributed by atoms with van der Waals surface area (Å²) in [5.41, 5.74) is 3.76. The molecule has 23 heavy (non-hydrogen) atoms. The van der Waals surface area contributed by atoms with Crippen LogP contribution in [0.2, 0.25) is 0 Å². The van der Waals surface area contributed by atoms with Gasteiger partial charge in [-0.05, 0) is 30.2 Å². The fourth-order valence-corrected chi connectivity index (χ4v) is 3.02. The number of benzene rings is 2. The van der Waals surface area contributed by atoms with Crippen LogP contribution in [0.25, 0.3) is 16.6 Å². The first-order valence-corrected chi connectivity index (χ1v) is 7.92. The second-order valence-corrected chi connectivity index (χ2v) is 5.99. The maximum atomic E-state index is 12.1. The van der Waals surface area contributed by atoms with E-state index in [-0.39, 0.29) is 5.91 Å². The second kappa shape index (κ2) is 6.54. The van der Waals surface area contributed by atoms with Crippen LogP contribution in [-0.2, 0) is 0 Å². The zero-order valence-corrected chi connectivity index (χ0v) is 13.4. The first kappa shape index (κ1) is 15.1. The molecule has 0 fully saturated rings. The number of nitrogens with one attached hydrogen (secondary N) is 1. The fraction of sp³-hybridized carbons (Fsp3) is 0.0556. The molecule has 2 aromatic carbocycles. The van der Waals surface area contributed by atoms with E-state index in [9.17, 15) is 4.79 Å². The molecule has 5 heteroatoms. The van der Waals surface area contributed by atoms with Gasteiger partial charge in [-0.15, -0.1) is 10.2 Å². The van der Waals surface area contributed by atoms with Gasteiger partial charge < -0.3 is 0 Å². The molecular weight excluding hydrogens is 306 g/mol. The van der Waals surface area contributed by atoms with Crippen molar-refractivity contribution in [3.8, 4) is 10.6 Å². The molecule has 0 aliphatic carbocycles. The summed E-state index contributed by atoms with van der Waals surface area (Å²) in [6.45, 7) is 5.79. The zero-order chi connectivity index (χ0) is 16.2. The van der Waals surface area contributed by atoms with Crippen LogP contribution in [0.15, 0.2) is 55.1 Å². The monoisotopic (exact) mass is 321 g/mol. The third-order valence-corrected chi connectivity index (χ3v) is 4.27. The number of carbonyl (C=O) groups excluding carboxylic acids is 1. The van der Waals surface area contributed by atoms with Crippen molar-refractivity contribution >= 4 is 28.5 Å². The molecule has 114 valence electrons. The second-order valence-electron chi connectivity index (χ2n) is 5.01. The molecule has 0 unspecified atom stereocenters. The largest absolute Gasteiger partial charge is 0.296 e. The Kier molecular flexibility index (Phi) is 4.30. The average molecular weight is 321 g/mol. The third-order valence-electron chi connectivity index (χ3n) is 3.40. The van der Waals surface area contributed by atoms with Crippen molar-refractivity contribution in [2.45, 2.75) is 6.92 Å². The summed E-state index contributed by atoms with van der Waals surface area (Å²) >= 11 is 1.36. The number of nitrogens with zero attached hydrogens (tertiary/aromatic N) is 2. The van der Waals surface area contributed by atoms with E-state index in [0.29, 0.717) is 10.7 Å². The van der Waals surface area contributed by atoms with Crippen LogP contribution >= 0.6 is 11.3 Å². The van der Waals surface area contributed by atoms with Gasteiger partial charge in [-0.3, -0.25) is 10.1 Å². The molecule has 0 saturated carbocycles. The van der Waals surface area contributed by atoms with Gasteiger partial charge in [0, 0.05) is 11.1 Å². The molecule has 1 amide bonds. The van der Waals surface area contributed by atoms with Gasteiger partial charge >= 0.3 is 0 Å². The summed E-state index contributed by atoms with van der Waals surface area (Å²) in [4.78, 5) is 12.1. The summed E-state index contributed by atoms with van der Waals surface area (Å²) in [6, 6.07) is 15.1. The van der Waals surface area contributed by atoms with Crippen molar-refractivity contribution in [3.05, 3.63) is 71.8 Å². The Bertz CT molecular complexity index is 856. The van der Waals surface area contributed by atoms with E-state index in [1.807, 2.05) is 49.4 Å². The number of hydrogen-bond donors (Lipinski definition) is 1. The molecule has 3 aromatic rings. The van der Waals surface area contributed by atoms with E-state index < -0.39 is 0 Å². The van der Waals surface area contributed by atoms with Crippen LogP contribution in [0.4, 0.5) is 5.13 Å². The van der Waals surface area contributed by atoms with E-state index >= 15 is 0 Å². The van der Waals surface area contributed by atoms with Gasteiger partial charge in [0.05, 0.1) is 0 Å². The highest BCUT2D eigenvalue weighted by molar-refractivity contribution is 7.18. The maximum Gasteiger partial charge on any atom is 0.257 e. The van der Waals surface area contributed by atoms with Gasteiger partial charge in [-0.25, -0.2) is 0 Å². The zero-order valence-electron chi connectivity index (χ0n) is 12.6. The average Bonchev–Trinajstić information content (AvgIpc) is 3.03. The topological polar surface area (TPSA) is 54.9 Å². The Morgan fingerprint density at radius 2 is 1.96 bits per heavy atom. The smallest absolute Gasteiger partial charge is 0.257 e. The van der Waals surface area contributed by atoms with E-state index in [1.54, 1.807) is 12.1 Å². The van der Waals surface area contributed by atoms with Crippen molar-refractivity contribution in [1.29, 1.82) is 0 Å². The Hall–Kier alpha value is -2.79. The van der Waals surface area contributed by atoms with Gasteiger partial charge in [0.25, 0.3) is 5.91 Å². The quantitative estimate of drug-likeness (QED) is 0.774. The van der Waals surface area contributed by atoms with Crippen molar-refractivity contribution in [2.75, 3.05) is 5.32 Å². The summed E-state index contributed by atoms with van der Waals surface area (Å²) < 4.78 is 0. The number of hydrogen-bond acceptors (Lipinski definition) is 4. The molecular formula is C18H15N3OS. The van der Waals surface area contributed by atoms with Gasteiger partial charge in [0.2, 0.25) is 5.13 Å². The van der Waals surface area contributed by atoms with Crippen LogP contribution in [0.3, 0.4) is 0 Å². The molecule has 0 saturated heterocycles. The summed E-state index contributed by atoms with van der Waals surface area (Å²) in [7, 11) is 0. The molecule has 1 N–H and O–H groups in total. The standard InChI is InChI=1S/C18H15N3OS/c1-3-13-9-10-15(12(2)11-13)17-20-21-18(23-17)19-16(22)14-7-5-4-6-8-14/h3-11H,1H2,2H3,(H,19,21,22). The van der Waals surface area contributed by atoms with Crippen LogP contribution in [0.5, 0.6) is 0 Å². The molecule has 0 bridgehead atoms. The molecule has 0 spiro atoms. The number of aryl methyl sites for hydroxylation is 1. The highest BCUT2D eigenvalue weighted by atomic mass is 32.1. The lowest BCUT2D eigenvalue weighted by molar-refractivity contribution is 0.102. The molecule has 0 atom stereocenters. The maximum absolute atomic E-state index is 12.1. The lowest BCUT2D eigenvalue weighted by Gasteiger charge is -2.03. The van der Waals surface area contributed by atoms with Gasteiger partial charge in [0.15, 0.2) is 0 Å². The first-order chi connectivity index (χ1) is 11.2. The number of amides is 1. The molecule has 3 rings (SSSR count). The minimum atomic E-state index is -0.188. The van der Waals surface area contributed by atoms with E-state index in [2.05, 4.69) is 22.1 Å². The van der Waals surface area contributed by atoms with Crippen molar-refractivity contribution < 1.29 is 4.79 Å². The summed E-state index contributed by atoms with van der Waals surface area (Å²) in [6.07, 6.45) is 1.81. The third kappa shape index (κ3) is 3.35. The van der Waals surface area contributed by atoms with Crippen LogP contribution in [0, 0.1) is 6.92 Å². The van der Waals surface area contributed by atoms with Gasteiger partial charge in [-0.2, -0.15) is 0 Å². The van der Waals surface area contributed by atoms with Crippen molar-refractivity contribution in [2.24, 2.45) is 0 Å². The predicted octanol–water partition coefficient (Wildman–Crippen LogP) is 4.41. The molecule has 1 aromatic heterocycles. The Morgan fingerprint density at radius 3 is 2.65 bits per heavy atom. The van der Waals surface area contributed by atoms with E-state index in [1.165, 1.54) is 11.3 Å². The van der Waals surface area contributed by atoms with Gasteiger partial charge in [-0.1, -0.05) is 60.4 Å². The lowest BCUT2D eigenvalue weighted by Crippen LogP contribution is -2.11. The molecule has 1 heterocycles. The Labute approximate surface area is 138 Å². The van der Waals surface area contributed by atoms with Crippen LogP contribution in [-0.4, -0.2) is 16.1 Å². The minimum absolute atomic E-state index is 0.188. The van der Waals surface area contributed by atoms with Crippen molar-refractivity contribution in [1.82, 2.24) is 10.2 Å². The fourth-order valence-electron chi connectivity index (χ4n) is 2.20. The first-order valence-electron chi connectivity index (χ1n) is 7.11. The number of anilines is 1. The van der Waals surface area contributed by atoms with E-state index in [0.717, 1.165) is 21.7 Å². The molecule has 0 aliphatic heterocycles. The summed E-state index contributed by atoms with van der Waals surface area (Å²) in [5.74, 6) is -0.188. The van der Waals surface area contributed by atoms with E-state index in [4.69, 9.17) is 0 Å². The normalized spacial score (nSPS) is 10.3. The molecule has 4 nitrogen and oxygen atoms in total. The van der Waals surface area contributed by atoms with Gasteiger partial charge in [0.1, 0.15) is 5.01 Å². The van der Waals surface area contributed by atoms with Crippen LogP contribution < -0.4 is 5.32 Å². The number of aromatic nitrogens is 2. The molecule has 0 radical (unpaired) electrons. The Balaban J connectivity index is 1.81. The molecule has 0 aliphatic rings. The highest BCUT2D eigenvalue weighted by Crippen LogP contribution is 2.29. The number of carbonyl (C=O) groups is 1. The predicted molar refractivity (Wildman–Crippen MR) is 94.6 cm³/mol. The Morgan fingerprint density at radius 1 is 1.17 bits per heavy atom. The lowest BCUT2D eigenvalue weighted by atomic mass is 10.1. The number of rotatable bonds is 4. The van der Waals surface area contributed by atoms with Crippen molar-refractivity contribution in [3.63, 3.8) is 0 Å². The minimum Gasteiger partial charge on any atom is -0.296 e. The van der Waals surface area contributed by atoms with Crippen LogP contribution in [0.1, 0.15) is 21.5 Å². The highest BCUT2D eigenvalue weighted by Gasteiger charge is 2.12.